The Kier molecular flexibility index (Phi) is 6.63. The van der Waals surface area contributed by atoms with E-state index < -0.39 is 0 Å². The van der Waals surface area contributed by atoms with Crippen molar-refractivity contribution in [2.45, 2.75) is 0 Å². The molecule has 0 saturated carbocycles. The van der Waals surface area contributed by atoms with Crippen LogP contribution in [0.1, 0.15) is 20.7 Å². The summed E-state index contributed by atoms with van der Waals surface area (Å²) in [6.07, 6.45) is 0. The van der Waals surface area contributed by atoms with Crippen molar-refractivity contribution in [1.29, 1.82) is 0 Å². The minimum Gasteiger partial charge on any atom is -0.739 e. The monoisotopic (exact) mass is 437 g/mol. The summed E-state index contributed by atoms with van der Waals surface area (Å²) in [6, 6.07) is 31.1. The van der Waals surface area contributed by atoms with Crippen LogP contribution in [-0.4, -0.2) is 11.8 Å². The van der Waals surface area contributed by atoms with Gasteiger partial charge in [-0.2, -0.15) is 0 Å². The summed E-state index contributed by atoms with van der Waals surface area (Å²) < 4.78 is 0. The summed E-state index contributed by atoms with van der Waals surface area (Å²) in [6.45, 7) is 0. The van der Waals surface area contributed by atoms with Crippen molar-refractivity contribution in [3.05, 3.63) is 126 Å². The third-order valence-electron chi connectivity index (χ3n) is 4.76. The average molecular weight is 437 g/mol. The zero-order chi connectivity index (χ0) is 23.0. The van der Waals surface area contributed by atoms with Crippen molar-refractivity contribution in [2.24, 2.45) is 0 Å². The first-order valence-electron chi connectivity index (χ1n) is 10.3. The van der Waals surface area contributed by atoms with Crippen LogP contribution in [0.15, 0.2) is 109 Å². The predicted octanol–water partition coefficient (Wildman–Crippen LogP) is 5.52. The number of carbonyl (C=O) groups is 2. The van der Waals surface area contributed by atoms with Crippen LogP contribution in [0.2, 0.25) is 0 Å². The highest BCUT2D eigenvalue weighted by Crippen LogP contribution is 2.22. The largest absolute Gasteiger partial charge is 0.739 e. The Morgan fingerprint density at radius 1 is 0.576 bits per heavy atom. The van der Waals surface area contributed by atoms with Crippen molar-refractivity contribution in [2.75, 3.05) is 21.2 Å². The van der Waals surface area contributed by atoms with Crippen LogP contribution in [0.5, 0.6) is 0 Å². The topological polar surface area (TPSA) is 96.5 Å². The Morgan fingerprint density at radius 3 is 1.64 bits per heavy atom. The van der Waals surface area contributed by atoms with Gasteiger partial charge in [0, 0.05) is 28.2 Å². The molecule has 2 amide bonds. The number of hydrazine groups is 1. The van der Waals surface area contributed by atoms with E-state index in [0.29, 0.717) is 39.0 Å². The van der Waals surface area contributed by atoms with E-state index in [1.807, 2.05) is 12.1 Å². The second kappa shape index (κ2) is 10.1. The maximum atomic E-state index is 12.7. The molecule has 0 aliphatic carbocycles. The quantitative estimate of drug-likeness (QED) is 0.331. The molecule has 4 aromatic carbocycles. The van der Waals surface area contributed by atoms with E-state index >= 15 is 0 Å². The lowest BCUT2D eigenvalue weighted by atomic mass is 10.2. The fourth-order valence-corrected chi connectivity index (χ4v) is 3.14. The molecule has 0 bridgehead atoms. The third kappa shape index (κ3) is 5.75. The number of benzene rings is 4. The Morgan fingerprint density at radius 2 is 1.06 bits per heavy atom. The van der Waals surface area contributed by atoms with Gasteiger partial charge in [0.1, 0.15) is 0 Å². The van der Waals surface area contributed by atoms with Gasteiger partial charge >= 0.3 is 0 Å². The fraction of sp³-hybridized carbons (Fsp3) is 0. The van der Waals surface area contributed by atoms with Gasteiger partial charge in [-0.3, -0.25) is 9.59 Å². The second-order valence-corrected chi connectivity index (χ2v) is 7.18. The molecule has 0 aliphatic heterocycles. The minimum absolute atomic E-state index is 0.242. The molecule has 3 N–H and O–H groups in total. The summed E-state index contributed by atoms with van der Waals surface area (Å²) in [7, 11) is 0. The van der Waals surface area contributed by atoms with Gasteiger partial charge in [-0.1, -0.05) is 48.5 Å². The average Bonchev–Trinajstić information content (AvgIpc) is 2.85. The van der Waals surface area contributed by atoms with E-state index in [-0.39, 0.29) is 11.8 Å². The van der Waals surface area contributed by atoms with E-state index in [2.05, 4.69) is 16.1 Å². The molecule has 0 saturated heterocycles. The molecule has 164 valence electrons. The van der Waals surface area contributed by atoms with Gasteiger partial charge in [-0.05, 0) is 60.7 Å². The van der Waals surface area contributed by atoms with Crippen molar-refractivity contribution < 1.29 is 9.59 Å². The number of rotatable bonds is 7. The van der Waals surface area contributed by atoms with Crippen LogP contribution in [0.3, 0.4) is 0 Å². The molecule has 0 atom stereocenters. The smallest absolute Gasteiger partial charge is 0.255 e. The second-order valence-electron chi connectivity index (χ2n) is 7.18. The summed E-state index contributed by atoms with van der Waals surface area (Å²) in [4.78, 5) is 24.7. The molecule has 0 aromatic heterocycles. The van der Waals surface area contributed by atoms with Gasteiger partial charge in [0.15, 0.2) is 0 Å². The Balaban J connectivity index is 1.41. The summed E-state index contributed by atoms with van der Waals surface area (Å²) in [5, 5.41) is 18.9. The molecule has 4 rings (SSSR count). The Labute approximate surface area is 191 Å². The molecule has 0 unspecified atom stereocenters. The van der Waals surface area contributed by atoms with Crippen LogP contribution < -0.4 is 21.2 Å². The highest BCUT2D eigenvalue weighted by molar-refractivity contribution is 6.05. The Hall–Kier alpha value is -4.62. The molecule has 7 nitrogen and oxygen atoms in total. The first kappa shape index (κ1) is 21.6. The van der Waals surface area contributed by atoms with Gasteiger partial charge in [0.2, 0.25) is 0 Å². The molecular weight excluding hydrogens is 416 g/mol. The van der Waals surface area contributed by atoms with E-state index in [1.54, 1.807) is 97.1 Å². The lowest BCUT2D eigenvalue weighted by Gasteiger charge is -2.32. The van der Waals surface area contributed by atoms with Crippen molar-refractivity contribution in [3.8, 4) is 0 Å². The molecule has 7 heteroatoms. The summed E-state index contributed by atoms with van der Waals surface area (Å²) in [5.41, 5.74) is 5.64. The Bertz CT molecular complexity index is 1250. The number of hydrogen-bond donors (Lipinski definition) is 3. The highest BCUT2D eigenvalue weighted by Gasteiger charge is 2.08. The fourth-order valence-electron chi connectivity index (χ4n) is 3.14. The van der Waals surface area contributed by atoms with Crippen LogP contribution in [0.4, 0.5) is 22.7 Å². The zero-order valence-corrected chi connectivity index (χ0v) is 17.6. The third-order valence-corrected chi connectivity index (χ3v) is 4.76. The highest BCUT2D eigenvalue weighted by atomic mass is 16.5. The predicted molar refractivity (Wildman–Crippen MR) is 131 cm³/mol. The molecule has 0 radical (unpaired) electrons. The maximum Gasteiger partial charge on any atom is 0.255 e. The number of amides is 2. The SMILES string of the molecule is O=C(Nc1cccc(NN([O-])c2cccc(NC(=O)c3ccccc3)c2)c1)c1ccccc1. The van der Waals surface area contributed by atoms with Gasteiger partial charge in [0.05, 0.1) is 5.69 Å². The van der Waals surface area contributed by atoms with Crippen LogP contribution in [0, 0.1) is 5.21 Å². The normalized spacial score (nSPS) is 10.2. The van der Waals surface area contributed by atoms with Crippen LogP contribution in [-0.2, 0) is 0 Å². The molecule has 0 fully saturated rings. The molecule has 0 spiro atoms. The van der Waals surface area contributed by atoms with Gasteiger partial charge in [0.25, 0.3) is 11.8 Å². The van der Waals surface area contributed by atoms with Gasteiger partial charge in [-0.25, -0.2) is 0 Å². The van der Waals surface area contributed by atoms with Crippen LogP contribution in [0.25, 0.3) is 0 Å². The number of nitrogens with one attached hydrogen (secondary N) is 3. The van der Waals surface area contributed by atoms with E-state index in [9.17, 15) is 14.8 Å². The molecular formula is C26H21N4O3-. The number of anilines is 4. The lowest BCUT2D eigenvalue weighted by molar-refractivity contribution is 0.101. The van der Waals surface area contributed by atoms with Crippen LogP contribution >= 0.6 is 0 Å². The molecule has 4 aromatic rings. The number of hydrogen-bond acceptors (Lipinski definition) is 5. The number of nitrogens with zero attached hydrogens (tertiary/aromatic N) is 1. The van der Waals surface area contributed by atoms with Crippen molar-refractivity contribution in [3.63, 3.8) is 0 Å². The minimum atomic E-state index is -0.264. The molecule has 0 heterocycles. The van der Waals surface area contributed by atoms with E-state index in [1.165, 1.54) is 0 Å². The van der Waals surface area contributed by atoms with E-state index in [4.69, 9.17) is 0 Å². The standard InChI is InChI=1S/C26H21N4O3/c31-25(19-9-3-1-4-10-19)27-21-13-7-15-23(17-21)29-30(33)24-16-8-14-22(18-24)28-26(32)20-11-5-2-6-12-20/h1-18,29H,(H,27,31)(H,28,32)/q-1. The summed E-state index contributed by atoms with van der Waals surface area (Å²) in [5.74, 6) is -0.506. The van der Waals surface area contributed by atoms with Gasteiger partial charge < -0.3 is 26.4 Å². The van der Waals surface area contributed by atoms with Gasteiger partial charge in [-0.15, -0.1) is 0 Å². The van der Waals surface area contributed by atoms with E-state index in [0.717, 1.165) is 0 Å². The maximum absolute atomic E-state index is 12.7. The first-order valence-corrected chi connectivity index (χ1v) is 10.3. The number of carbonyl (C=O) groups excluding carboxylic acids is 2. The first-order chi connectivity index (χ1) is 16.1. The van der Waals surface area contributed by atoms with Crippen molar-refractivity contribution >= 4 is 34.6 Å². The molecule has 0 aliphatic rings. The lowest BCUT2D eigenvalue weighted by Crippen LogP contribution is -2.23. The molecule has 33 heavy (non-hydrogen) atoms. The van der Waals surface area contributed by atoms with Crippen molar-refractivity contribution in [1.82, 2.24) is 0 Å². The zero-order valence-electron chi connectivity index (χ0n) is 17.6. The summed E-state index contributed by atoms with van der Waals surface area (Å²) >= 11 is 0.